The second kappa shape index (κ2) is 4.94. The molecule has 5 heteroatoms. The van der Waals surface area contributed by atoms with Crippen LogP contribution in [-0.4, -0.2) is 46.6 Å². The highest BCUT2D eigenvalue weighted by Gasteiger charge is 2.31. The Kier molecular flexibility index (Phi) is 3.52. The van der Waals surface area contributed by atoms with Gasteiger partial charge in [0.15, 0.2) is 0 Å². The summed E-state index contributed by atoms with van der Waals surface area (Å²) in [4.78, 5) is 18.0. The molecular formula is C13H19N3O2. The molecule has 1 amide bonds. The standard InChI is InChI=1S/C13H19N3O2/c1-13(18)6-3-7-16(9-13)12(17)11-5-4-10(14-2)8-15-11/h4-5,8,14,18H,3,6-7,9H2,1-2H3. The fourth-order valence-electron chi connectivity index (χ4n) is 2.22. The van der Waals surface area contributed by atoms with Crippen molar-refractivity contribution in [2.45, 2.75) is 25.4 Å². The first kappa shape index (κ1) is 12.8. The number of piperidine rings is 1. The lowest BCUT2D eigenvalue weighted by Gasteiger charge is -2.36. The van der Waals surface area contributed by atoms with Crippen LogP contribution in [0.5, 0.6) is 0 Å². The minimum atomic E-state index is -0.779. The molecule has 1 aromatic heterocycles. The number of nitrogens with one attached hydrogen (secondary N) is 1. The maximum absolute atomic E-state index is 12.2. The average Bonchev–Trinajstić information content (AvgIpc) is 2.37. The van der Waals surface area contributed by atoms with Crippen LogP contribution in [0.3, 0.4) is 0 Å². The molecule has 1 fully saturated rings. The maximum Gasteiger partial charge on any atom is 0.272 e. The summed E-state index contributed by atoms with van der Waals surface area (Å²) >= 11 is 0. The van der Waals surface area contributed by atoms with Crippen molar-refractivity contribution >= 4 is 11.6 Å². The van der Waals surface area contributed by atoms with Crippen LogP contribution in [0.15, 0.2) is 18.3 Å². The molecule has 1 unspecified atom stereocenters. The molecule has 5 nitrogen and oxygen atoms in total. The Hall–Kier alpha value is -1.62. The fraction of sp³-hybridized carbons (Fsp3) is 0.538. The predicted octanol–water partition coefficient (Wildman–Crippen LogP) is 1.11. The Balaban J connectivity index is 2.10. The van der Waals surface area contributed by atoms with E-state index in [9.17, 15) is 9.90 Å². The second-order valence-corrected chi connectivity index (χ2v) is 5.01. The Bertz CT molecular complexity index is 428. The zero-order valence-corrected chi connectivity index (χ0v) is 10.8. The molecule has 98 valence electrons. The van der Waals surface area contributed by atoms with Gasteiger partial charge in [0.05, 0.1) is 17.5 Å². The van der Waals surface area contributed by atoms with E-state index in [1.807, 2.05) is 6.07 Å². The van der Waals surface area contributed by atoms with Gasteiger partial charge in [0.25, 0.3) is 5.91 Å². The lowest BCUT2D eigenvalue weighted by molar-refractivity contribution is -0.0109. The monoisotopic (exact) mass is 249 g/mol. The summed E-state index contributed by atoms with van der Waals surface area (Å²) in [5, 5.41) is 13.0. The van der Waals surface area contributed by atoms with Crippen molar-refractivity contribution in [1.29, 1.82) is 0 Å². The summed E-state index contributed by atoms with van der Waals surface area (Å²) in [6, 6.07) is 3.53. The molecule has 0 bridgehead atoms. The third kappa shape index (κ3) is 2.79. The first-order chi connectivity index (χ1) is 8.52. The number of aliphatic hydroxyl groups is 1. The largest absolute Gasteiger partial charge is 0.388 e. The number of anilines is 1. The number of carbonyl (C=O) groups is 1. The van der Waals surface area contributed by atoms with E-state index in [0.29, 0.717) is 18.8 Å². The molecule has 1 atom stereocenters. The normalized spacial score (nSPS) is 23.8. The zero-order chi connectivity index (χ0) is 13.2. The van der Waals surface area contributed by atoms with Gasteiger partial charge < -0.3 is 15.3 Å². The molecule has 2 rings (SSSR count). The number of carbonyl (C=O) groups excluding carboxylic acids is 1. The molecule has 0 spiro atoms. The van der Waals surface area contributed by atoms with Gasteiger partial charge in [0, 0.05) is 20.1 Å². The SMILES string of the molecule is CNc1ccc(C(=O)N2CCCC(C)(O)C2)nc1. The summed E-state index contributed by atoms with van der Waals surface area (Å²) in [5.41, 5.74) is 0.516. The van der Waals surface area contributed by atoms with E-state index in [1.165, 1.54) is 0 Å². The number of nitrogens with zero attached hydrogens (tertiary/aromatic N) is 2. The highest BCUT2D eigenvalue weighted by molar-refractivity contribution is 5.92. The lowest BCUT2D eigenvalue weighted by Crippen LogP contribution is -2.48. The number of aromatic nitrogens is 1. The minimum absolute atomic E-state index is 0.113. The number of β-amino-alcohol motifs (C(OH)–C–C–N with tert-alkyl or cyclic N) is 1. The topological polar surface area (TPSA) is 65.5 Å². The number of amides is 1. The van der Waals surface area contributed by atoms with Gasteiger partial charge in [-0.3, -0.25) is 4.79 Å². The van der Waals surface area contributed by atoms with E-state index >= 15 is 0 Å². The Morgan fingerprint density at radius 1 is 1.56 bits per heavy atom. The first-order valence-electron chi connectivity index (χ1n) is 6.17. The molecule has 1 aliphatic heterocycles. The van der Waals surface area contributed by atoms with E-state index in [-0.39, 0.29) is 5.91 Å². The van der Waals surface area contributed by atoms with Crippen molar-refractivity contribution in [2.75, 3.05) is 25.5 Å². The van der Waals surface area contributed by atoms with Gasteiger partial charge in [0.2, 0.25) is 0 Å². The van der Waals surface area contributed by atoms with Gasteiger partial charge in [-0.2, -0.15) is 0 Å². The number of rotatable bonds is 2. The van der Waals surface area contributed by atoms with Crippen molar-refractivity contribution in [1.82, 2.24) is 9.88 Å². The van der Waals surface area contributed by atoms with Crippen LogP contribution < -0.4 is 5.32 Å². The molecule has 0 aliphatic carbocycles. The van der Waals surface area contributed by atoms with Crippen molar-refractivity contribution in [2.24, 2.45) is 0 Å². The molecule has 1 saturated heterocycles. The van der Waals surface area contributed by atoms with E-state index in [0.717, 1.165) is 18.5 Å². The van der Waals surface area contributed by atoms with Crippen LogP contribution in [0.25, 0.3) is 0 Å². The van der Waals surface area contributed by atoms with Crippen LogP contribution >= 0.6 is 0 Å². The maximum atomic E-state index is 12.2. The molecule has 2 N–H and O–H groups in total. The third-order valence-corrected chi connectivity index (χ3v) is 3.23. The van der Waals surface area contributed by atoms with Gasteiger partial charge in [-0.05, 0) is 31.9 Å². The first-order valence-corrected chi connectivity index (χ1v) is 6.17. The van der Waals surface area contributed by atoms with Crippen molar-refractivity contribution in [3.05, 3.63) is 24.0 Å². The summed E-state index contributed by atoms with van der Waals surface area (Å²) in [7, 11) is 1.81. The fourth-order valence-corrected chi connectivity index (χ4v) is 2.22. The minimum Gasteiger partial charge on any atom is -0.388 e. The Labute approximate surface area is 107 Å². The number of hydrogen-bond donors (Lipinski definition) is 2. The smallest absolute Gasteiger partial charge is 0.272 e. The van der Waals surface area contributed by atoms with Gasteiger partial charge in [-0.1, -0.05) is 0 Å². The van der Waals surface area contributed by atoms with Gasteiger partial charge in [0.1, 0.15) is 5.69 Å². The quantitative estimate of drug-likeness (QED) is 0.824. The number of likely N-dealkylation sites (tertiary alicyclic amines) is 1. The molecule has 2 heterocycles. The van der Waals surface area contributed by atoms with Gasteiger partial charge in [-0.15, -0.1) is 0 Å². The highest BCUT2D eigenvalue weighted by Crippen LogP contribution is 2.21. The molecule has 1 aliphatic rings. The molecule has 18 heavy (non-hydrogen) atoms. The molecule has 0 saturated carbocycles. The van der Waals surface area contributed by atoms with Crippen LogP contribution in [0.1, 0.15) is 30.3 Å². The second-order valence-electron chi connectivity index (χ2n) is 5.01. The van der Waals surface area contributed by atoms with E-state index in [2.05, 4.69) is 10.3 Å². The summed E-state index contributed by atoms with van der Waals surface area (Å²) < 4.78 is 0. The van der Waals surface area contributed by atoms with Crippen molar-refractivity contribution < 1.29 is 9.90 Å². The van der Waals surface area contributed by atoms with E-state index in [1.54, 1.807) is 31.1 Å². The van der Waals surface area contributed by atoms with Crippen LogP contribution in [-0.2, 0) is 0 Å². The van der Waals surface area contributed by atoms with Crippen LogP contribution in [0.2, 0.25) is 0 Å². The van der Waals surface area contributed by atoms with E-state index in [4.69, 9.17) is 0 Å². The zero-order valence-electron chi connectivity index (χ0n) is 10.8. The molecule has 1 aromatic rings. The molecule has 0 aromatic carbocycles. The summed E-state index contributed by atoms with van der Waals surface area (Å²) in [6.07, 6.45) is 3.20. The lowest BCUT2D eigenvalue weighted by atomic mass is 9.95. The van der Waals surface area contributed by atoms with Crippen LogP contribution in [0, 0.1) is 0 Å². The van der Waals surface area contributed by atoms with Crippen molar-refractivity contribution in [3.63, 3.8) is 0 Å². The summed E-state index contributed by atoms with van der Waals surface area (Å²) in [6.45, 7) is 2.83. The average molecular weight is 249 g/mol. The molecular weight excluding hydrogens is 230 g/mol. The number of pyridine rings is 1. The number of hydrogen-bond acceptors (Lipinski definition) is 4. The summed E-state index contributed by atoms with van der Waals surface area (Å²) in [5.74, 6) is -0.113. The van der Waals surface area contributed by atoms with Crippen molar-refractivity contribution in [3.8, 4) is 0 Å². The Morgan fingerprint density at radius 2 is 2.33 bits per heavy atom. The van der Waals surface area contributed by atoms with Gasteiger partial charge in [-0.25, -0.2) is 4.98 Å². The Morgan fingerprint density at radius 3 is 2.89 bits per heavy atom. The third-order valence-electron chi connectivity index (χ3n) is 3.23. The molecule has 0 radical (unpaired) electrons. The highest BCUT2D eigenvalue weighted by atomic mass is 16.3. The van der Waals surface area contributed by atoms with Gasteiger partial charge >= 0.3 is 0 Å². The predicted molar refractivity (Wildman–Crippen MR) is 69.5 cm³/mol. The van der Waals surface area contributed by atoms with E-state index < -0.39 is 5.60 Å². The van der Waals surface area contributed by atoms with Crippen LogP contribution in [0.4, 0.5) is 5.69 Å².